The number of benzene rings is 2. The molecule has 0 spiro atoms. The van der Waals surface area contributed by atoms with E-state index in [0.29, 0.717) is 6.61 Å². The van der Waals surface area contributed by atoms with E-state index in [0.717, 1.165) is 24.5 Å². The van der Waals surface area contributed by atoms with Crippen molar-refractivity contribution in [2.75, 3.05) is 13.2 Å². The summed E-state index contributed by atoms with van der Waals surface area (Å²) in [7, 11) is 0. The maximum atomic E-state index is 5.84. The number of unbranched alkanes of at least 4 members (excludes halogenated alkanes) is 4. The molecule has 0 aliphatic rings. The molecule has 0 heterocycles. The van der Waals surface area contributed by atoms with Crippen molar-refractivity contribution in [2.45, 2.75) is 46.0 Å². The van der Waals surface area contributed by atoms with Gasteiger partial charge in [0.2, 0.25) is 0 Å². The van der Waals surface area contributed by atoms with Crippen molar-refractivity contribution < 1.29 is 9.47 Å². The molecule has 0 N–H and O–H groups in total. The molecule has 2 rings (SSSR count). The molecule has 2 nitrogen and oxygen atoms in total. The number of rotatable bonds is 12. The Bertz CT molecular complexity index is 681. The zero-order valence-corrected chi connectivity index (χ0v) is 16.7. The van der Waals surface area contributed by atoms with Crippen LogP contribution < -0.4 is 9.47 Å². The van der Waals surface area contributed by atoms with Crippen LogP contribution in [0.2, 0.25) is 0 Å². The van der Waals surface area contributed by atoms with Crippen LogP contribution in [0.5, 0.6) is 11.5 Å². The molecule has 0 saturated heterocycles. The van der Waals surface area contributed by atoms with Gasteiger partial charge in [-0.3, -0.25) is 0 Å². The van der Waals surface area contributed by atoms with Gasteiger partial charge in [-0.1, -0.05) is 75.1 Å². The molecule has 27 heavy (non-hydrogen) atoms. The van der Waals surface area contributed by atoms with Crippen LogP contribution >= 0.6 is 0 Å². The smallest absolute Gasteiger partial charge is 0.119 e. The van der Waals surface area contributed by atoms with Crippen LogP contribution in [-0.4, -0.2) is 13.2 Å². The van der Waals surface area contributed by atoms with Crippen molar-refractivity contribution in [2.24, 2.45) is 0 Å². The molecule has 0 aromatic heterocycles. The highest BCUT2D eigenvalue weighted by Gasteiger charge is 2.00. The highest BCUT2D eigenvalue weighted by atomic mass is 16.5. The van der Waals surface area contributed by atoms with Crippen LogP contribution in [-0.2, 0) is 0 Å². The third kappa shape index (κ3) is 8.17. The summed E-state index contributed by atoms with van der Waals surface area (Å²) in [5.41, 5.74) is 2.36. The molecule has 0 amide bonds. The molecule has 0 radical (unpaired) electrons. The van der Waals surface area contributed by atoms with Crippen molar-refractivity contribution in [1.29, 1.82) is 0 Å². The van der Waals surface area contributed by atoms with Gasteiger partial charge >= 0.3 is 0 Å². The highest BCUT2D eigenvalue weighted by molar-refractivity contribution is 5.64. The number of ether oxygens (including phenoxy) is 2. The molecule has 0 saturated carbocycles. The first kappa shape index (κ1) is 20.8. The first-order valence-electron chi connectivity index (χ1n) is 10.1. The van der Waals surface area contributed by atoms with Crippen molar-refractivity contribution in [3.63, 3.8) is 0 Å². The Kier molecular flexibility index (Phi) is 9.88. The van der Waals surface area contributed by atoms with E-state index in [1.807, 2.05) is 43.4 Å². The van der Waals surface area contributed by atoms with Crippen molar-refractivity contribution in [3.8, 4) is 22.6 Å². The van der Waals surface area contributed by atoms with Gasteiger partial charge in [-0.2, -0.15) is 0 Å². The summed E-state index contributed by atoms with van der Waals surface area (Å²) < 4.78 is 11.5. The predicted octanol–water partition coefficient (Wildman–Crippen LogP) is 7.21. The summed E-state index contributed by atoms with van der Waals surface area (Å²) in [6.07, 6.45) is 14.3. The van der Waals surface area contributed by atoms with E-state index in [9.17, 15) is 0 Å². The second-order valence-corrected chi connectivity index (χ2v) is 6.58. The number of hydrogen-bond donors (Lipinski definition) is 0. The summed E-state index contributed by atoms with van der Waals surface area (Å²) >= 11 is 0. The van der Waals surface area contributed by atoms with Gasteiger partial charge in [0.15, 0.2) is 0 Å². The molecule has 2 heteroatoms. The third-order valence-electron chi connectivity index (χ3n) is 4.34. The summed E-state index contributed by atoms with van der Waals surface area (Å²) in [6, 6.07) is 16.5. The molecule has 0 unspecified atom stereocenters. The van der Waals surface area contributed by atoms with Gasteiger partial charge in [0, 0.05) is 0 Å². The molecule has 2 aromatic rings. The second-order valence-electron chi connectivity index (χ2n) is 6.58. The molecule has 2 aromatic carbocycles. The van der Waals surface area contributed by atoms with Crippen LogP contribution in [0.3, 0.4) is 0 Å². The monoisotopic (exact) mass is 364 g/mol. The lowest BCUT2D eigenvalue weighted by molar-refractivity contribution is 0.304. The van der Waals surface area contributed by atoms with Gasteiger partial charge < -0.3 is 9.47 Å². The van der Waals surface area contributed by atoms with E-state index < -0.39 is 0 Å². The Balaban J connectivity index is 1.78. The number of hydrogen-bond acceptors (Lipinski definition) is 2. The van der Waals surface area contributed by atoms with Crippen LogP contribution in [0.1, 0.15) is 46.0 Å². The van der Waals surface area contributed by atoms with Gasteiger partial charge in [-0.05, 0) is 54.8 Å². The lowest BCUT2D eigenvalue weighted by atomic mass is 10.1. The highest BCUT2D eigenvalue weighted by Crippen LogP contribution is 2.24. The maximum Gasteiger partial charge on any atom is 0.119 e. The standard InChI is InChI=1S/C25H32O2/c1-3-5-7-9-11-21-27-25-18-14-23(15-19-25)22-12-16-24(17-13-22)26-20-10-8-6-4-2/h4,6,8,10,12-19H,3,5,7,9,11,20-21H2,1-2H3/b6-4+,10-8+. The molecule has 0 bridgehead atoms. The topological polar surface area (TPSA) is 18.5 Å². The minimum Gasteiger partial charge on any atom is -0.494 e. The van der Waals surface area contributed by atoms with Gasteiger partial charge in [0.25, 0.3) is 0 Å². The van der Waals surface area contributed by atoms with Crippen LogP contribution in [0.15, 0.2) is 72.8 Å². The van der Waals surface area contributed by atoms with E-state index in [-0.39, 0.29) is 0 Å². The Morgan fingerprint density at radius 3 is 1.89 bits per heavy atom. The molecule has 0 atom stereocenters. The average molecular weight is 365 g/mol. The Hall–Kier alpha value is -2.48. The van der Waals surface area contributed by atoms with Crippen molar-refractivity contribution >= 4 is 0 Å². The van der Waals surface area contributed by atoms with Crippen molar-refractivity contribution in [3.05, 3.63) is 72.8 Å². The summed E-state index contributed by atoms with van der Waals surface area (Å²) in [5.74, 6) is 1.83. The Morgan fingerprint density at radius 2 is 1.30 bits per heavy atom. The summed E-state index contributed by atoms with van der Waals surface area (Å²) in [6.45, 7) is 5.62. The van der Waals surface area contributed by atoms with Crippen molar-refractivity contribution in [1.82, 2.24) is 0 Å². The minimum absolute atomic E-state index is 0.578. The molecule has 144 valence electrons. The lowest BCUT2D eigenvalue weighted by Crippen LogP contribution is -1.97. The Morgan fingerprint density at radius 1 is 0.704 bits per heavy atom. The molecular formula is C25H32O2. The van der Waals surface area contributed by atoms with Gasteiger partial charge in [0.05, 0.1) is 6.61 Å². The van der Waals surface area contributed by atoms with E-state index in [4.69, 9.17) is 9.47 Å². The fourth-order valence-corrected chi connectivity index (χ4v) is 2.77. The predicted molar refractivity (Wildman–Crippen MR) is 116 cm³/mol. The first-order chi connectivity index (χ1) is 13.3. The molecule has 0 fully saturated rings. The van der Waals surface area contributed by atoms with Gasteiger partial charge in [0.1, 0.15) is 18.1 Å². The van der Waals surface area contributed by atoms with E-state index in [1.54, 1.807) is 0 Å². The summed E-state index contributed by atoms with van der Waals surface area (Å²) in [5, 5.41) is 0. The normalized spacial score (nSPS) is 11.3. The minimum atomic E-state index is 0.578. The van der Waals surface area contributed by atoms with E-state index >= 15 is 0 Å². The van der Waals surface area contributed by atoms with Gasteiger partial charge in [-0.15, -0.1) is 0 Å². The third-order valence-corrected chi connectivity index (χ3v) is 4.34. The average Bonchev–Trinajstić information content (AvgIpc) is 2.71. The second kappa shape index (κ2) is 12.8. The van der Waals surface area contributed by atoms with Gasteiger partial charge in [-0.25, -0.2) is 0 Å². The fourth-order valence-electron chi connectivity index (χ4n) is 2.77. The largest absolute Gasteiger partial charge is 0.494 e. The van der Waals surface area contributed by atoms with Crippen LogP contribution in [0.25, 0.3) is 11.1 Å². The zero-order valence-electron chi connectivity index (χ0n) is 16.7. The van der Waals surface area contributed by atoms with E-state index in [2.05, 4.69) is 43.3 Å². The molecule has 0 aliphatic heterocycles. The first-order valence-corrected chi connectivity index (χ1v) is 10.1. The zero-order chi connectivity index (χ0) is 19.2. The lowest BCUT2D eigenvalue weighted by Gasteiger charge is -2.08. The SMILES string of the molecule is C/C=C/C=C/COc1ccc(-c2ccc(OCCCCCCC)cc2)cc1. The fraction of sp³-hybridized carbons (Fsp3) is 0.360. The summed E-state index contributed by atoms with van der Waals surface area (Å²) in [4.78, 5) is 0. The van der Waals surface area contributed by atoms with Crippen LogP contribution in [0, 0.1) is 0 Å². The molecular weight excluding hydrogens is 332 g/mol. The van der Waals surface area contributed by atoms with E-state index in [1.165, 1.54) is 36.8 Å². The molecule has 0 aliphatic carbocycles. The quantitative estimate of drug-likeness (QED) is 0.292. The number of allylic oxidation sites excluding steroid dienone is 3. The van der Waals surface area contributed by atoms with Crippen LogP contribution in [0.4, 0.5) is 0 Å². The Labute approximate surface area is 164 Å². The maximum absolute atomic E-state index is 5.84.